The number of hydrogen-bond acceptors (Lipinski definition) is 2. The number of anilines is 1. The second-order valence-electron chi connectivity index (χ2n) is 4.16. The molecule has 19 heavy (non-hydrogen) atoms. The van der Waals surface area contributed by atoms with Crippen LogP contribution in [0.3, 0.4) is 0 Å². The monoisotopic (exact) mass is 259 g/mol. The van der Waals surface area contributed by atoms with Crippen LogP contribution >= 0.6 is 0 Å². The first-order valence-electron chi connectivity index (χ1n) is 5.88. The Morgan fingerprint density at radius 1 is 1.11 bits per heavy atom. The fourth-order valence-corrected chi connectivity index (χ4v) is 1.51. The van der Waals surface area contributed by atoms with Crippen molar-refractivity contribution < 1.29 is 13.9 Å². The molecule has 1 amide bonds. The Labute approximate surface area is 111 Å². The highest BCUT2D eigenvalue weighted by molar-refractivity contribution is 5.91. The van der Waals surface area contributed by atoms with E-state index >= 15 is 0 Å². The molecule has 0 radical (unpaired) electrons. The molecule has 0 spiro atoms. The number of rotatable bonds is 4. The molecule has 0 aliphatic heterocycles. The van der Waals surface area contributed by atoms with Crippen LogP contribution in [0.4, 0.5) is 10.1 Å². The number of aryl methyl sites for hydroxylation is 1. The number of halogens is 1. The Morgan fingerprint density at radius 3 is 2.37 bits per heavy atom. The maximum absolute atomic E-state index is 12.7. The molecular weight excluding hydrogens is 245 g/mol. The molecule has 0 aliphatic carbocycles. The van der Waals surface area contributed by atoms with Crippen LogP contribution in [0.2, 0.25) is 0 Å². The highest BCUT2D eigenvalue weighted by Gasteiger charge is 2.03. The van der Waals surface area contributed by atoms with Crippen LogP contribution in [0.25, 0.3) is 0 Å². The number of benzene rings is 2. The highest BCUT2D eigenvalue weighted by atomic mass is 19.1. The summed E-state index contributed by atoms with van der Waals surface area (Å²) in [6, 6.07) is 13.0. The topological polar surface area (TPSA) is 38.3 Å². The second kappa shape index (κ2) is 6.00. The van der Waals surface area contributed by atoms with Crippen molar-refractivity contribution in [3.8, 4) is 5.75 Å². The van der Waals surface area contributed by atoms with Gasteiger partial charge in [0.1, 0.15) is 11.6 Å². The summed E-state index contributed by atoms with van der Waals surface area (Å²) >= 11 is 0. The van der Waals surface area contributed by atoms with Crippen LogP contribution < -0.4 is 10.1 Å². The zero-order valence-corrected chi connectivity index (χ0v) is 10.5. The molecule has 2 aromatic carbocycles. The first-order chi connectivity index (χ1) is 9.13. The molecule has 0 heterocycles. The van der Waals surface area contributed by atoms with Crippen molar-refractivity contribution in [3.63, 3.8) is 0 Å². The molecule has 3 nitrogen and oxygen atoms in total. The quantitative estimate of drug-likeness (QED) is 0.916. The van der Waals surface area contributed by atoms with E-state index in [1.165, 1.54) is 24.3 Å². The van der Waals surface area contributed by atoms with Gasteiger partial charge >= 0.3 is 0 Å². The Kier molecular flexibility index (Phi) is 4.13. The SMILES string of the molecule is Cc1ccc(NC(=O)COc2ccc(F)cc2)cc1. The average Bonchev–Trinajstić information content (AvgIpc) is 2.41. The third-order valence-corrected chi connectivity index (χ3v) is 2.52. The summed E-state index contributed by atoms with van der Waals surface area (Å²) in [5.74, 6) is -0.134. The van der Waals surface area contributed by atoms with Crippen molar-refractivity contribution in [2.24, 2.45) is 0 Å². The molecule has 0 aliphatic rings. The predicted molar refractivity (Wildman–Crippen MR) is 71.7 cm³/mol. The molecule has 0 saturated carbocycles. The maximum atomic E-state index is 12.7. The van der Waals surface area contributed by atoms with Gasteiger partial charge in [-0.3, -0.25) is 4.79 Å². The molecule has 0 bridgehead atoms. The molecule has 0 unspecified atom stereocenters. The first-order valence-corrected chi connectivity index (χ1v) is 5.88. The molecule has 2 rings (SSSR count). The largest absolute Gasteiger partial charge is 0.484 e. The van der Waals surface area contributed by atoms with E-state index in [-0.39, 0.29) is 18.3 Å². The molecule has 2 aromatic rings. The lowest BCUT2D eigenvalue weighted by Gasteiger charge is -2.07. The van der Waals surface area contributed by atoms with Crippen molar-refractivity contribution in [3.05, 3.63) is 59.9 Å². The maximum Gasteiger partial charge on any atom is 0.262 e. The van der Waals surface area contributed by atoms with Gasteiger partial charge in [0.25, 0.3) is 5.91 Å². The fraction of sp³-hybridized carbons (Fsp3) is 0.133. The molecule has 4 heteroatoms. The summed E-state index contributed by atoms with van der Waals surface area (Å²) in [4.78, 5) is 11.6. The lowest BCUT2D eigenvalue weighted by molar-refractivity contribution is -0.118. The van der Waals surface area contributed by atoms with Crippen molar-refractivity contribution >= 4 is 11.6 Å². The summed E-state index contributed by atoms with van der Waals surface area (Å²) in [7, 11) is 0. The van der Waals surface area contributed by atoms with Gasteiger partial charge in [-0.05, 0) is 43.3 Å². The van der Waals surface area contributed by atoms with Gasteiger partial charge in [-0.2, -0.15) is 0 Å². The van der Waals surface area contributed by atoms with E-state index in [4.69, 9.17) is 4.74 Å². The molecule has 1 N–H and O–H groups in total. The number of carbonyl (C=O) groups is 1. The van der Waals surface area contributed by atoms with Gasteiger partial charge < -0.3 is 10.1 Å². The Bertz CT molecular complexity index is 549. The van der Waals surface area contributed by atoms with Gasteiger partial charge in [0, 0.05) is 5.69 Å². The zero-order valence-electron chi connectivity index (χ0n) is 10.5. The summed E-state index contributed by atoms with van der Waals surface area (Å²) in [6.07, 6.45) is 0. The predicted octanol–water partition coefficient (Wildman–Crippen LogP) is 3.15. The number of amides is 1. The van der Waals surface area contributed by atoms with E-state index in [1.807, 2.05) is 31.2 Å². The zero-order chi connectivity index (χ0) is 13.7. The molecule has 0 saturated heterocycles. The Hall–Kier alpha value is -2.36. The Balaban J connectivity index is 1.84. The molecule has 0 fully saturated rings. The van der Waals surface area contributed by atoms with Crippen LogP contribution in [-0.2, 0) is 4.79 Å². The lowest BCUT2D eigenvalue weighted by Crippen LogP contribution is -2.20. The third kappa shape index (κ3) is 4.10. The first kappa shape index (κ1) is 13.1. The molecule has 98 valence electrons. The van der Waals surface area contributed by atoms with E-state index in [0.717, 1.165) is 11.3 Å². The standard InChI is InChI=1S/C15H14FNO2/c1-11-2-6-13(7-3-11)17-15(18)10-19-14-8-4-12(16)5-9-14/h2-9H,10H2,1H3,(H,17,18). The van der Waals surface area contributed by atoms with Crippen molar-refractivity contribution in [1.82, 2.24) is 0 Å². The Morgan fingerprint density at radius 2 is 1.74 bits per heavy atom. The summed E-state index contributed by atoms with van der Waals surface area (Å²) in [5.41, 5.74) is 1.85. The van der Waals surface area contributed by atoms with Crippen molar-refractivity contribution in [1.29, 1.82) is 0 Å². The van der Waals surface area contributed by atoms with Crippen molar-refractivity contribution in [2.45, 2.75) is 6.92 Å². The average molecular weight is 259 g/mol. The van der Waals surface area contributed by atoms with E-state index in [9.17, 15) is 9.18 Å². The van der Waals surface area contributed by atoms with Crippen LogP contribution in [0.1, 0.15) is 5.56 Å². The highest BCUT2D eigenvalue weighted by Crippen LogP contribution is 2.12. The van der Waals surface area contributed by atoms with E-state index < -0.39 is 0 Å². The minimum atomic E-state index is -0.337. The summed E-state index contributed by atoms with van der Waals surface area (Å²) < 4.78 is 17.9. The van der Waals surface area contributed by atoms with Gasteiger partial charge in [-0.25, -0.2) is 4.39 Å². The number of ether oxygens (including phenoxy) is 1. The van der Waals surface area contributed by atoms with Gasteiger partial charge in [0.15, 0.2) is 6.61 Å². The smallest absolute Gasteiger partial charge is 0.262 e. The summed E-state index contributed by atoms with van der Waals surface area (Å²) in [6.45, 7) is 1.86. The van der Waals surface area contributed by atoms with E-state index in [1.54, 1.807) is 0 Å². The lowest BCUT2D eigenvalue weighted by atomic mass is 10.2. The van der Waals surface area contributed by atoms with E-state index in [0.29, 0.717) is 5.75 Å². The van der Waals surface area contributed by atoms with Crippen LogP contribution in [-0.4, -0.2) is 12.5 Å². The van der Waals surface area contributed by atoms with Gasteiger partial charge in [-0.1, -0.05) is 17.7 Å². The van der Waals surface area contributed by atoms with Gasteiger partial charge in [0.05, 0.1) is 0 Å². The molecule has 0 aromatic heterocycles. The van der Waals surface area contributed by atoms with E-state index in [2.05, 4.69) is 5.32 Å². The van der Waals surface area contributed by atoms with Crippen LogP contribution in [0.15, 0.2) is 48.5 Å². The van der Waals surface area contributed by atoms with Gasteiger partial charge in [-0.15, -0.1) is 0 Å². The molecule has 0 atom stereocenters. The summed E-state index contributed by atoms with van der Waals surface area (Å²) in [5, 5.41) is 2.71. The minimum absolute atomic E-state index is 0.112. The second-order valence-corrected chi connectivity index (χ2v) is 4.16. The van der Waals surface area contributed by atoms with Crippen LogP contribution in [0.5, 0.6) is 5.75 Å². The minimum Gasteiger partial charge on any atom is -0.484 e. The number of nitrogens with one attached hydrogen (secondary N) is 1. The normalized spacial score (nSPS) is 10.0. The number of hydrogen-bond donors (Lipinski definition) is 1. The van der Waals surface area contributed by atoms with Crippen molar-refractivity contribution in [2.75, 3.05) is 11.9 Å². The van der Waals surface area contributed by atoms with Gasteiger partial charge in [0.2, 0.25) is 0 Å². The fourth-order valence-electron chi connectivity index (χ4n) is 1.51. The molecular formula is C15H14FNO2. The van der Waals surface area contributed by atoms with Crippen LogP contribution in [0, 0.1) is 12.7 Å². The number of carbonyl (C=O) groups excluding carboxylic acids is 1. The third-order valence-electron chi connectivity index (χ3n) is 2.52.